The molecule has 0 radical (unpaired) electrons. The topological polar surface area (TPSA) is 16.4 Å². The summed E-state index contributed by atoms with van der Waals surface area (Å²) in [6.45, 7) is 0. The van der Waals surface area contributed by atoms with Gasteiger partial charge in [0.2, 0.25) is 0 Å². The number of furan rings is 1. The first kappa shape index (κ1) is 38.9. The van der Waals surface area contributed by atoms with Crippen molar-refractivity contribution in [1.29, 1.82) is 0 Å². The van der Waals surface area contributed by atoms with Gasteiger partial charge in [-0.15, -0.1) is 0 Å². The van der Waals surface area contributed by atoms with Crippen LogP contribution in [0, 0.1) is 0 Å². The Morgan fingerprint density at radius 1 is 0.304 bits per heavy atom. The van der Waals surface area contributed by atoms with Crippen LogP contribution in [0.3, 0.4) is 0 Å². The number of benzene rings is 10. The van der Waals surface area contributed by atoms with Gasteiger partial charge >= 0.3 is 0 Å². The summed E-state index contributed by atoms with van der Waals surface area (Å²) in [5.41, 5.74) is 26.2. The average Bonchev–Trinajstić information content (AvgIpc) is 4.11. The second kappa shape index (κ2) is 14.6. The molecule has 0 amide bonds. The van der Waals surface area contributed by atoms with Gasteiger partial charge in [-0.25, -0.2) is 0 Å². The maximum atomic E-state index is 6.26. The molecule has 0 bridgehead atoms. The lowest BCUT2D eigenvalue weighted by Crippen LogP contribution is -2.28. The van der Waals surface area contributed by atoms with Gasteiger partial charge in [0, 0.05) is 33.2 Å². The molecule has 2 spiro atoms. The van der Waals surface area contributed by atoms with Crippen LogP contribution in [0.5, 0.6) is 0 Å². The molecule has 11 aromatic rings. The minimum atomic E-state index is -0.362. The maximum Gasteiger partial charge on any atom is 0.135 e. The summed E-state index contributed by atoms with van der Waals surface area (Å²) < 4.78 is 6.26. The Hall–Kier alpha value is -8.20. The molecule has 4 aliphatic rings. The zero-order valence-corrected chi connectivity index (χ0v) is 38.3. The largest absolute Gasteiger partial charge is 0.456 e. The van der Waals surface area contributed by atoms with E-state index in [1.54, 1.807) is 0 Å². The molecule has 1 saturated carbocycles. The monoisotopic (exact) mass is 881 g/mol. The molecule has 10 aromatic carbocycles. The summed E-state index contributed by atoms with van der Waals surface area (Å²) in [6.07, 6.45) is 6.20. The predicted octanol–water partition coefficient (Wildman–Crippen LogP) is 18.0. The van der Waals surface area contributed by atoms with Crippen LogP contribution in [-0.2, 0) is 10.8 Å². The van der Waals surface area contributed by atoms with E-state index in [1.165, 1.54) is 127 Å². The van der Waals surface area contributed by atoms with Crippen molar-refractivity contribution in [3.05, 3.63) is 258 Å². The number of rotatable bonds is 5. The second-order valence-electron chi connectivity index (χ2n) is 19.8. The fourth-order valence-electron chi connectivity index (χ4n) is 13.6. The molecular weight excluding hydrogens is 835 g/mol. The third-order valence-electron chi connectivity index (χ3n) is 16.5. The fraction of sp³-hybridized carbons (Fsp3) is 0.104. The first-order valence-corrected chi connectivity index (χ1v) is 24.8. The van der Waals surface area contributed by atoms with Crippen molar-refractivity contribution in [1.82, 2.24) is 0 Å². The molecule has 0 N–H and O–H groups in total. The Balaban J connectivity index is 0.898. The Morgan fingerprint density at radius 3 is 1.48 bits per heavy atom. The van der Waals surface area contributed by atoms with Crippen molar-refractivity contribution in [3.63, 3.8) is 0 Å². The molecule has 0 saturated heterocycles. The number of hydrogen-bond donors (Lipinski definition) is 0. The minimum absolute atomic E-state index is 0.0384. The normalized spacial score (nSPS) is 15.2. The second-order valence-corrected chi connectivity index (χ2v) is 19.8. The number of fused-ring (bicyclic) bond motifs is 18. The van der Waals surface area contributed by atoms with Gasteiger partial charge in [0.15, 0.2) is 0 Å². The van der Waals surface area contributed by atoms with E-state index in [0.29, 0.717) is 0 Å². The molecule has 15 rings (SSSR count). The fourth-order valence-corrected chi connectivity index (χ4v) is 13.6. The van der Waals surface area contributed by atoms with Gasteiger partial charge in [-0.05, 0) is 163 Å². The third-order valence-corrected chi connectivity index (χ3v) is 16.5. The zero-order chi connectivity index (χ0) is 45.3. The van der Waals surface area contributed by atoms with Crippen LogP contribution in [0.15, 0.2) is 229 Å². The van der Waals surface area contributed by atoms with E-state index in [2.05, 4.69) is 223 Å². The van der Waals surface area contributed by atoms with Gasteiger partial charge in [0.05, 0.1) is 5.41 Å². The molecule has 2 heteroatoms. The van der Waals surface area contributed by atoms with E-state index in [4.69, 9.17) is 4.42 Å². The van der Waals surface area contributed by atoms with Crippen molar-refractivity contribution < 1.29 is 4.42 Å². The lowest BCUT2D eigenvalue weighted by Gasteiger charge is -2.36. The standard InChI is InChI=1S/C67H47NO/c1-12-36-66(37-13-1)58-25-7-2-20-50(58)54-33-32-49(42-63(54)66)68(48-19-15-17-44(39-48)46-31-35-65-57(41-46)55-24-6-11-29-64(55)69-65)47-18-14-16-43(38-47)45-30-34-62-56(40-45)53-23-5-10-28-61(53)67(62)59-26-8-3-21-51(59)52-22-4-9-27-60(52)67/h2-11,14-35,38-42H,1,12-13,36-37H2. The molecule has 1 heterocycles. The van der Waals surface area contributed by atoms with Crippen molar-refractivity contribution in [3.8, 4) is 55.6 Å². The van der Waals surface area contributed by atoms with Gasteiger partial charge in [-0.3, -0.25) is 0 Å². The Labute approximate surface area is 402 Å². The highest BCUT2D eigenvalue weighted by molar-refractivity contribution is 6.06. The maximum absolute atomic E-state index is 6.26. The Morgan fingerprint density at radius 2 is 0.797 bits per heavy atom. The summed E-state index contributed by atoms with van der Waals surface area (Å²) in [7, 11) is 0. The molecule has 0 unspecified atom stereocenters. The highest BCUT2D eigenvalue weighted by atomic mass is 16.3. The molecule has 69 heavy (non-hydrogen) atoms. The van der Waals surface area contributed by atoms with Crippen LogP contribution in [0.2, 0.25) is 0 Å². The summed E-state index contributed by atoms with van der Waals surface area (Å²) in [4.78, 5) is 2.50. The van der Waals surface area contributed by atoms with Gasteiger partial charge < -0.3 is 9.32 Å². The quantitative estimate of drug-likeness (QED) is 0.171. The third kappa shape index (κ3) is 5.43. The highest BCUT2D eigenvalue weighted by Gasteiger charge is 2.51. The van der Waals surface area contributed by atoms with E-state index in [1.807, 2.05) is 6.07 Å². The van der Waals surface area contributed by atoms with E-state index < -0.39 is 0 Å². The molecule has 1 fully saturated rings. The first-order valence-electron chi connectivity index (χ1n) is 24.8. The van der Waals surface area contributed by atoms with Crippen LogP contribution in [0.25, 0.3) is 77.6 Å². The van der Waals surface area contributed by atoms with E-state index >= 15 is 0 Å². The molecule has 0 aliphatic heterocycles. The van der Waals surface area contributed by atoms with Gasteiger partial charge in [-0.2, -0.15) is 0 Å². The first-order chi connectivity index (χ1) is 34.2. The van der Waals surface area contributed by atoms with Crippen molar-refractivity contribution in [2.45, 2.75) is 42.9 Å². The number of anilines is 3. The molecule has 1 aromatic heterocycles. The molecule has 4 aliphatic carbocycles. The number of para-hydroxylation sites is 1. The summed E-state index contributed by atoms with van der Waals surface area (Å²) in [6, 6.07) is 84.4. The molecule has 326 valence electrons. The summed E-state index contributed by atoms with van der Waals surface area (Å²) in [5, 5.41) is 2.28. The minimum Gasteiger partial charge on any atom is -0.456 e. The van der Waals surface area contributed by atoms with Crippen LogP contribution in [0.1, 0.15) is 65.5 Å². The van der Waals surface area contributed by atoms with Crippen LogP contribution >= 0.6 is 0 Å². The van der Waals surface area contributed by atoms with E-state index in [-0.39, 0.29) is 10.8 Å². The highest BCUT2D eigenvalue weighted by Crippen LogP contribution is 2.63. The van der Waals surface area contributed by atoms with E-state index in [0.717, 1.165) is 33.3 Å². The Bertz CT molecular complexity index is 3870. The summed E-state index contributed by atoms with van der Waals surface area (Å²) >= 11 is 0. The predicted molar refractivity (Wildman–Crippen MR) is 285 cm³/mol. The average molecular weight is 882 g/mol. The van der Waals surface area contributed by atoms with Gasteiger partial charge in [0.1, 0.15) is 11.2 Å². The van der Waals surface area contributed by atoms with Crippen molar-refractivity contribution in [2.24, 2.45) is 0 Å². The molecule has 0 atom stereocenters. The molecule has 2 nitrogen and oxygen atoms in total. The lowest BCUT2D eigenvalue weighted by atomic mass is 9.68. The number of hydrogen-bond acceptors (Lipinski definition) is 2. The van der Waals surface area contributed by atoms with Crippen LogP contribution in [0.4, 0.5) is 17.1 Å². The lowest BCUT2D eigenvalue weighted by molar-refractivity contribution is 0.353. The smallest absolute Gasteiger partial charge is 0.135 e. The van der Waals surface area contributed by atoms with Gasteiger partial charge in [0.25, 0.3) is 0 Å². The van der Waals surface area contributed by atoms with Crippen molar-refractivity contribution in [2.75, 3.05) is 4.90 Å². The zero-order valence-electron chi connectivity index (χ0n) is 38.3. The van der Waals surface area contributed by atoms with Crippen LogP contribution < -0.4 is 4.90 Å². The SMILES string of the molecule is c1cc(-c2ccc3c(c2)-c2ccccc2C32c3ccccc3-c3ccccc32)cc(N(c2cccc(-c3ccc4oc5ccccc5c4c3)c2)c2ccc3c(c2)C2(CCCCC2)c2ccccc2-3)c1. The van der Waals surface area contributed by atoms with Gasteiger partial charge in [-0.1, -0.05) is 183 Å². The van der Waals surface area contributed by atoms with Crippen molar-refractivity contribution >= 4 is 39.0 Å². The molecular formula is C67H47NO. The summed E-state index contributed by atoms with van der Waals surface area (Å²) in [5.74, 6) is 0. The Kier molecular flexibility index (Phi) is 8.25. The van der Waals surface area contributed by atoms with E-state index in [9.17, 15) is 0 Å². The number of nitrogens with zero attached hydrogens (tertiary/aromatic N) is 1. The van der Waals surface area contributed by atoms with Crippen LogP contribution in [-0.4, -0.2) is 0 Å².